The summed E-state index contributed by atoms with van der Waals surface area (Å²) in [6.07, 6.45) is 0. The second kappa shape index (κ2) is 9.19. The molecular weight excluding hydrogens is 342 g/mol. The highest BCUT2D eigenvalue weighted by atomic mass is 16.5. The van der Waals surface area contributed by atoms with Crippen LogP contribution in [-0.2, 0) is 4.79 Å². The van der Waals surface area contributed by atoms with E-state index in [1.807, 2.05) is 54.3 Å². The Hall–Kier alpha value is -2.86. The number of piperazine rings is 1. The van der Waals surface area contributed by atoms with Crippen molar-refractivity contribution in [1.82, 2.24) is 15.1 Å². The van der Waals surface area contributed by atoms with Crippen LogP contribution in [0.15, 0.2) is 54.6 Å². The Morgan fingerprint density at radius 1 is 0.926 bits per heavy atom. The predicted molar refractivity (Wildman–Crippen MR) is 104 cm³/mol. The highest BCUT2D eigenvalue weighted by molar-refractivity contribution is 5.94. The summed E-state index contributed by atoms with van der Waals surface area (Å²) in [5.41, 5.74) is 0.646. The molecule has 2 aromatic rings. The molecule has 3 rings (SSSR count). The van der Waals surface area contributed by atoms with Crippen LogP contribution in [0.25, 0.3) is 0 Å². The predicted octanol–water partition coefficient (Wildman–Crippen LogP) is 2.37. The van der Waals surface area contributed by atoms with Crippen LogP contribution in [0.3, 0.4) is 0 Å². The molecule has 0 atom stereocenters. The van der Waals surface area contributed by atoms with E-state index in [0.717, 1.165) is 5.75 Å². The maximum absolute atomic E-state index is 12.7. The van der Waals surface area contributed by atoms with E-state index in [1.165, 1.54) is 0 Å². The van der Waals surface area contributed by atoms with E-state index < -0.39 is 0 Å². The highest BCUT2D eigenvalue weighted by Crippen LogP contribution is 2.21. The Kier molecular flexibility index (Phi) is 6.44. The first-order valence-corrected chi connectivity index (χ1v) is 9.27. The molecule has 1 saturated heterocycles. The zero-order valence-electron chi connectivity index (χ0n) is 15.6. The summed E-state index contributed by atoms with van der Waals surface area (Å²) < 4.78 is 5.76. The lowest BCUT2D eigenvalue weighted by molar-refractivity contribution is -0.122. The number of ether oxygens (including phenoxy) is 1. The third kappa shape index (κ3) is 5.31. The molecular formula is C21H25N3O3. The van der Waals surface area contributed by atoms with Gasteiger partial charge in [-0.3, -0.25) is 14.5 Å². The molecule has 1 heterocycles. The molecule has 0 saturated carbocycles. The molecule has 6 heteroatoms. The smallest absolute Gasteiger partial charge is 0.253 e. The Morgan fingerprint density at radius 3 is 2.19 bits per heavy atom. The largest absolute Gasteiger partial charge is 0.457 e. The molecule has 0 radical (unpaired) electrons. The van der Waals surface area contributed by atoms with Crippen molar-refractivity contribution in [2.45, 2.75) is 6.92 Å². The van der Waals surface area contributed by atoms with Gasteiger partial charge in [0.15, 0.2) is 0 Å². The van der Waals surface area contributed by atoms with Crippen molar-refractivity contribution >= 4 is 11.8 Å². The average Bonchev–Trinajstić information content (AvgIpc) is 2.70. The summed E-state index contributed by atoms with van der Waals surface area (Å²) in [4.78, 5) is 28.3. The minimum Gasteiger partial charge on any atom is -0.457 e. The maximum Gasteiger partial charge on any atom is 0.253 e. The molecule has 0 aromatic heterocycles. The second-order valence-corrected chi connectivity index (χ2v) is 6.46. The average molecular weight is 367 g/mol. The minimum atomic E-state index is 0.0129. The number of nitrogens with one attached hydrogen (secondary N) is 1. The Morgan fingerprint density at radius 2 is 1.56 bits per heavy atom. The Balaban J connectivity index is 1.52. The molecule has 142 valence electrons. The second-order valence-electron chi connectivity index (χ2n) is 6.46. The lowest BCUT2D eigenvalue weighted by atomic mass is 10.1. The van der Waals surface area contributed by atoms with Gasteiger partial charge in [-0.15, -0.1) is 0 Å². The van der Waals surface area contributed by atoms with Gasteiger partial charge in [-0.1, -0.05) is 18.2 Å². The van der Waals surface area contributed by atoms with Gasteiger partial charge in [0, 0.05) is 38.3 Å². The summed E-state index contributed by atoms with van der Waals surface area (Å²) in [6.45, 7) is 5.60. The van der Waals surface area contributed by atoms with Gasteiger partial charge in [-0.05, 0) is 43.3 Å². The summed E-state index contributed by atoms with van der Waals surface area (Å²) in [5.74, 6) is 1.51. The van der Waals surface area contributed by atoms with Crippen LogP contribution in [0, 0.1) is 0 Å². The number of carbonyl (C=O) groups excluding carboxylic acids is 2. The quantitative estimate of drug-likeness (QED) is 0.852. The van der Waals surface area contributed by atoms with Gasteiger partial charge in [-0.25, -0.2) is 0 Å². The van der Waals surface area contributed by atoms with Crippen LogP contribution < -0.4 is 10.1 Å². The maximum atomic E-state index is 12.7. The molecule has 0 bridgehead atoms. The molecule has 0 aliphatic carbocycles. The molecule has 1 fully saturated rings. The minimum absolute atomic E-state index is 0.0129. The van der Waals surface area contributed by atoms with Crippen LogP contribution in [0.5, 0.6) is 11.5 Å². The first-order valence-electron chi connectivity index (χ1n) is 9.27. The van der Waals surface area contributed by atoms with Crippen LogP contribution in [0.4, 0.5) is 0 Å². The zero-order valence-corrected chi connectivity index (χ0v) is 15.6. The van der Waals surface area contributed by atoms with Gasteiger partial charge in [0.05, 0.1) is 6.54 Å². The standard InChI is InChI=1S/C21H25N3O3/c1-2-22-20(25)16-23-12-14-24(15-13-23)21(26)17-8-10-19(11-9-17)27-18-6-4-3-5-7-18/h3-11H,2,12-16H2,1H3,(H,22,25). The molecule has 1 aliphatic heterocycles. The number of hydrogen-bond acceptors (Lipinski definition) is 4. The van der Waals surface area contributed by atoms with Crippen molar-refractivity contribution in [3.05, 3.63) is 60.2 Å². The van der Waals surface area contributed by atoms with Crippen molar-refractivity contribution in [1.29, 1.82) is 0 Å². The van der Waals surface area contributed by atoms with E-state index in [0.29, 0.717) is 50.6 Å². The number of para-hydroxylation sites is 1. The summed E-state index contributed by atoms with van der Waals surface area (Å²) in [6, 6.07) is 16.8. The fourth-order valence-corrected chi connectivity index (χ4v) is 3.04. The third-order valence-corrected chi connectivity index (χ3v) is 4.48. The first kappa shape index (κ1) is 18.9. The lowest BCUT2D eigenvalue weighted by Crippen LogP contribution is -2.51. The van der Waals surface area contributed by atoms with E-state index >= 15 is 0 Å². The van der Waals surface area contributed by atoms with Gasteiger partial charge < -0.3 is 15.0 Å². The van der Waals surface area contributed by atoms with Crippen LogP contribution >= 0.6 is 0 Å². The van der Waals surface area contributed by atoms with E-state index in [-0.39, 0.29) is 11.8 Å². The highest BCUT2D eigenvalue weighted by Gasteiger charge is 2.23. The molecule has 1 aliphatic rings. The van der Waals surface area contributed by atoms with Gasteiger partial charge in [0.1, 0.15) is 11.5 Å². The van der Waals surface area contributed by atoms with Crippen LogP contribution in [-0.4, -0.2) is 60.9 Å². The molecule has 2 aromatic carbocycles. The third-order valence-electron chi connectivity index (χ3n) is 4.48. The number of hydrogen-bond donors (Lipinski definition) is 1. The molecule has 0 unspecified atom stereocenters. The number of amides is 2. The van der Waals surface area contributed by atoms with E-state index in [1.54, 1.807) is 12.1 Å². The zero-order chi connectivity index (χ0) is 19.1. The van der Waals surface area contributed by atoms with Crippen molar-refractivity contribution < 1.29 is 14.3 Å². The SMILES string of the molecule is CCNC(=O)CN1CCN(C(=O)c2ccc(Oc3ccccc3)cc2)CC1. The first-order chi connectivity index (χ1) is 13.2. The van der Waals surface area contributed by atoms with Crippen molar-refractivity contribution in [3.8, 4) is 11.5 Å². The fourth-order valence-electron chi connectivity index (χ4n) is 3.04. The van der Waals surface area contributed by atoms with Gasteiger partial charge in [-0.2, -0.15) is 0 Å². The normalized spacial score (nSPS) is 14.6. The molecule has 0 spiro atoms. The Labute approximate surface area is 159 Å². The van der Waals surface area contributed by atoms with Crippen molar-refractivity contribution in [3.63, 3.8) is 0 Å². The summed E-state index contributed by atoms with van der Waals surface area (Å²) in [5, 5.41) is 2.80. The lowest BCUT2D eigenvalue weighted by Gasteiger charge is -2.34. The number of carbonyl (C=O) groups is 2. The molecule has 6 nitrogen and oxygen atoms in total. The topological polar surface area (TPSA) is 61.9 Å². The molecule has 1 N–H and O–H groups in total. The van der Waals surface area contributed by atoms with Gasteiger partial charge in [0.2, 0.25) is 5.91 Å². The van der Waals surface area contributed by atoms with Crippen molar-refractivity contribution in [2.75, 3.05) is 39.3 Å². The molecule has 2 amide bonds. The number of rotatable bonds is 6. The van der Waals surface area contributed by atoms with E-state index in [4.69, 9.17) is 4.74 Å². The number of benzene rings is 2. The fraction of sp³-hybridized carbons (Fsp3) is 0.333. The van der Waals surface area contributed by atoms with E-state index in [2.05, 4.69) is 10.2 Å². The monoisotopic (exact) mass is 367 g/mol. The molecule has 27 heavy (non-hydrogen) atoms. The number of likely N-dealkylation sites (N-methyl/N-ethyl adjacent to an activating group) is 1. The van der Waals surface area contributed by atoms with Gasteiger partial charge >= 0.3 is 0 Å². The van der Waals surface area contributed by atoms with Crippen LogP contribution in [0.2, 0.25) is 0 Å². The van der Waals surface area contributed by atoms with Crippen LogP contribution in [0.1, 0.15) is 17.3 Å². The summed E-state index contributed by atoms with van der Waals surface area (Å²) >= 11 is 0. The van der Waals surface area contributed by atoms with Crippen molar-refractivity contribution in [2.24, 2.45) is 0 Å². The van der Waals surface area contributed by atoms with E-state index in [9.17, 15) is 9.59 Å². The van der Waals surface area contributed by atoms with Gasteiger partial charge in [0.25, 0.3) is 5.91 Å². The number of nitrogens with zero attached hydrogens (tertiary/aromatic N) is 2. The Bertz CT molecular complexity index is 754. The summed E-state index contributed by atoms with van der Waals surface area (Å²) in [7, 11) is 0.